The molecule has 0 saturated carbocycles. The Bertz CT molecular complexity index is 1030. The molecule has 2 amide bonds. The van der Waals surface area contributed by atoms with Crippen LogP contribution in [-0.2, 0) is 0 Å². The van der Waals surface area contributed by atoms with Crippen molar-refractivity contribution in [1.82, 2.24) is 14.7 Å². The van der Waals surface area contributed by atoms with Crippen molar-refractivity contribution in [3.05, 3.63) is 65.9 Å². The van der Waals surface area contributed by atoms with E-state index >= 15 is 0 Å². The van der Waals surface area contributed by atoms with Crippen molar-refractivity contribution >= 4 is 28.3 Å². The van der Waals surface area contributed by atoms with Crippen molar-refractivity contribution < 1.29 is 13.9 Å². The normalized spacial score (nSPS) is 18.5. The highest BCUT2D eigenvalue weighted by molar-refractivity contribution is 7.10. The van der Waals surface area contributed by atoms with E-state index in [1.165, 1.54) is 23.7 Å². The lowest BCUT2D eigenvalue weighted by Crippen LogP contribution is -2.51. The molecule has 1 fully saturated rings. The molecule has 0 spiro atoms. The van der Waals surface area contributed by atoms with E-state index in [9.17, 15) is 9.18 Å². The summed E-state index contributed by atoms with van der Waals surface area (Å²) in [5.74, 6) is 0.375. The number of hydrogen-bond donors (Lipinski definition) is 2. The molecule has 31 heavy (non-hydrogen) atoms. The van der Waals surface area contributed by atoms with Crippen LogP contribution in [0.3, 0.4) is 0 Å². The van der Waals surface area contributed by atoms with Crippen LogP contribution in [0.15, 0.2) is 48.7 Å². The predicted molar refractivity (Wildman–Crippen MR) is 120 cm³/mol. The molecule has 1 aliphatic rings. The van der Waals surface area contributed by atoms with Gasteiger partial charge in [0.25, 0.3) is 0 Å². The summed E-state index contributed by atoms with van der Waals surface area (Å²) >= 11 is 1.25. The predicted octanol–water partition coefficient (Wildman–Crippen LogP) is 4.18. The van der Waals surface area contributed by atoms with E-state index in [0.29, 0.717) is 17.3 Å². The summed E-state index contributed by atoms with van der Waals surface area (Å²) in [6, 6.07) is 11.8. The van der Waals surface area contributed by atoms with E-state index < -0.39 is 0 Å². The second-order valence-electron chi connectivity index (χ2n) is 7.48. The number of nitrogens with one attached hydrogen (secondary N) is 2. The molecule has 1 aliphatic heterocycles. The first-order chi connectivity index (χ1) is 15.0. The summed E-state index contributed by atoms with van der Waals surface area (Å²) in [4.78, 5) is 19.4. The highest BCUT2D eigenvalue weighted by Gasteiger charge is 2.33. The lowest BCUT2D eigenvalue weighted by molar-refractivity contribution is 0.243. The number of urea groups is 1. The largest absolute Gasteiger partial charge is 0.495 e. The Hall–Kier alpha value is -3.20. The minimum absolute atomic E-state index is 0.0429. The Kier molecular flexibility index (Phi) is 6.31. The highest BCUT2D eigenvalue weighted by Crippen LogP contribution is 2.30. The number of carbonyl (C=O) groups is 1. The molecule has 9 heteroatoms. The average Bonchev–Trinajstić information content (AvgIpc) is 3.19. The summed E-state index contributed by atoms with van der Waals surface area (Å²) in [6.07, 6.45) is 2.41. The molecule has 3 heterocycles. The van der Waals surface area contributed by atoms with Gasteiger partial charge in [-0.15, -0.1) is 0 Å². The second kappa shape index (κ2) is 9.30. The van der Waals surface area contributed by atoms with Gasteiger partial charge in [-0.05, 0) is 67.3 Å². The van der Waals surface area contributed by atoms with Crippen LogP contribution in [0.5, 0.6) is 5.75 Å². The molecule has 7 nitrogen and oxygen atoms in total. The van der Waals surface area contributed by atoms with Gasteiger partial charge in [-0.2, -0.15) is 4.37 Å². The fourth-order valence-corrected chi connectivity index (χ4v) is 4.44. The van der Waals surface area contributed by atoms with E-state index in [2.05, 4.69) is 24.9 Å². The molecule has 2 aromatic heterocycles. The molecular weight excluding hydrogens is 417 g/mol. The third-order valence-corrected chi connectivity index (χ3v) is 6.16. The summed E-state index contributed by atoms with van der Waals surface area (Å²) < 4.78 is 22.8. The number of methoxy groups -OCH3 is 1. The van der Waals surface area contributed by atoms with E-state index in [1.807, 2.05) is 25.1 Å². The SMILES string of the molecule is COc1ccc(C2CN(c3ccc(F)cc3)CCC2NC(=O)Nc2cc(C)ns2)nc1. The maximum absolute atomic E-state index is 13.4. The zero-order valence-electron chi connectivity index (χ0n) is 17.3. The number of aromatic nitrogens is 2. The number of piperidine rings is 1. The number of aryl methyl sites for hydroxylation is 1. The van der Waals surface area contributed by atoms with Gasteiger partial charge < -0.3 is 15.0 Å². The Morgan fingerprint density at radius 3 is 2.71 bits per heavy atom. The van der Waals surface area contributed by atoms with Gasteiger partial charge in [0.05, 0.1) is 19.0 Å². The zero-order chi connectivity index (χ0) is 21.8. The van der Waals surface area contributed by atoms with Gasteiger partial charge in [0, 0.05) is 36.4 Å². The lowest BCUT2D eigenvalue weighted by atomic mass is 9.88. The number of carbonyl (C=O) groups excluding carboxylic acids is 1. The summed E-state index contributed by atoms with van der Waals surface area (Å²) in [5.41, 5.74) is 2.68. The number of rotatable bonds is 5. The molecule has 1 saturated heterocycles. The van der Waals surface area contributed by atoms with Crippen LogP contribution in [0.1, 0.15) is 23.7 Å². The number of ether oxygens (including phenoxy) is 1. The smallest absolute Gasteiger partial charge is 0.320 e. The molecule has 1 aromatic carbocycles. The first-order valence-electron chi connectivity index (χ1n) is 10.0. The Labute approximate surface area is 184 Å². The Balaban J connectivity index is 1.52. The minimum atomic E-state index is -0.262. The zero-order valence-corrected chi connectivity index (χ0v) is 18.2. The molecule has 0 bridgehead atoms. The number of hydrogen-bond acceptors (Lipinski definition) is 6. The lowest BCUT2D eigenvalue weighted by Gasteiger charge is -2.39. The van der Waals surface area contributed by atoms with Crippen LogP contribution in [0, 0.1) is 12.7 Å². The summed E-state index contributed by atoms with van der Waals surface area (Å²) in [7, 11) is 1.60. The van der Waals surface area contributed by atoms with Crippen molar-refractivity contribution in [2.45, 2.75) is 25.3 Å². The molecule has 2 unspecified atom stereocenters. The minimum Gasteiger partial charge on any atom is -0.495 e. The van der Waals surface area contributed by atoms with Crippen molar-refractivity contribution in [2.24, 2.45) is 0 Å². The topological polar surface area (TPSA) is 79.4 Å². The quantitative estimate of drug-likeness (QED) is 0.621. The van der Waals surface area contributed by atoms with Crippen LogP contribution >= 0.6 is 11.5 Å². The van der Waals surface area contributed by atoms with Gasteiger partial charge in [-0.1, -0.05) is 0 Å². The van der Waals surface area contributed by atoms with Crippen LogP contribution in [-0.4, -0.2) is 41.6 Å². The van der Waals surface area contributed by atoms with Crippen LogP contribution in [0.25, 0.3) is 0 Å². The van der Waals surface area contributed by atoms with Gasteiger partial charge in [-0.25, -0.2) is 9.18 Å². The Morgan fingerprint density at radius 2 is 2.06 bits per heavy atom. The highest BCUT2D eigenvalue weighted by atomic mass is 32.1. The fourth-order valence-electron chi connectivity index (χ4n) is 3.78. The number of pyridine rings is 1. The molecular formula is C22H24FN5O2S. The molecule has 3 aromatic rings. The number of amides is 2. The maximum Gasteiger partial charge on any atom is 0.320 e. The number of halogens is 1. The second-order valence-corrected chi connectivity index (χ2v) is 8.28. The van der Waals surface area contributed by atoms with Crippen LogP contribution in [0.4, 0.5) is 19.9 Å². The van der Waals surface area contributed by atoms with Crippen molar-refractivity contribution in [2.75, 3.05) is 30.4 Å². The molecule has 0 radical (unpaired) electrons. The standard InChI is InChI=1S/C22H24FN5O2S/c1-14-11-21(31-27-14)26-22(29)25-20-9-10-28(16-5-3-15(23)4-6-16)13-18(20)19-8-7-17(30-2)12-24-19/h3-8,11-12,18,20H,9-10,13H2,1-2H3,(H2,25,26,29). The van der Waals surface area contributed by atoms with Crippen molar-refractivity contribution in [1.29, 1.82) is 0 Å². The third-order valence-electron chi connectivity index (χ3n) is 5.36. The van der Waals surface area contributed by atoms with Crippen LogP contribution in [0.2, 0.25) is 0 Å². The Morgan fingerprint density at radius 1 is 1.26 bits per heavy atom. The maximum atomic E-state index is 13.4. The summed E-state index contributed by atoms with van der Waals surface area (Å²) in [5, 5.41) is 6.67. The van der Waals surface area contributed by atoms with E-state index in [4.69, 9.17) is 4.74 Å². The first-order valence-corrected chi connectivity index (χ1v) is 10.8. The van der Waals surface area contributed by atoms with Gasteiger partial charge in [-0.3, -0.25) is 10.3 Å². The van der Waals surface area contributed by atoms with Crippen molar-refractivity contribution in [3.8, 4) is 5.75 Å². The fraction of sp³-hybridized carbons (Fsp3) is 0.318. The van der Waals surface area contributed by atoms with Gasteiger partial charge in [0.15, 0.2) is 0 Å². The van der Waals surface area contributed by atoms with Crippen LogP contribution < -0.4 is 20.3 Å². The summed E-state index contributed by atoms with van der Waals surface area (Å²) in [6.45, 7) is 3.27. The number of benzene rings is 1. The first kappa shape index (κ1) is 21.0. The third kappa shape index (κ3) is 5.11. The van der Waals surface area contributed by atoms with E-state index in [1.54, 1.807) is 25.4 Å². The number of nitrogens with zero attached hydrogens (tertiary/aromatic N) is 3. The van der Waals surface area contributed by atoms with Crippen molar-refractivity contribution in [3.63, 3.8) is 0 Å². The molecule has 162 valence electrons. The van der Waals surface area contributed by atoms with E-state index in [0.717, 1.165) is 30.0 Å². The average molecular weight is 442 g/mol. The van der Waals surface area contributed by atoms with Gasteiger partial charge >= 0.3 is 6.03 Å². The monoisotopic (exact) mass is 441 g/mol. The molecule has 4 rings (SSSR count). The molecule has 0 aliphatic carbocycles. The number of anilines is 2. The van der Waals surface area contributed by atoms with Gasteiger partial charge in [0.2, 0.25) is 0 Å². The van der Waals surface area contributed by atoms with E-state index in [-0.39, 0.29) is 23.8 Å². The van der Waals surface area contributed by atoms with Gasteiger partial charge in [0.1, 0.15) is 16.6 Å². The molecule has 2 N–H and O–H groups in total. The molecule has 2 atom stereocenters.